The molecular formula is C12H20N2O5. The van der Waals surface area contributed by atoms with Crippen LogP contribution in [0.4, 0.5) is 0 Å². The maximum Gasteiger partial charge on any atom is 0.459 e. The molecule has 0 aromatic heterocycles. The Bertz CT molecular complexity index is 428. The van der Waals surface area contributed by atoms with Gasteiger partial charge in [-0.15, -0.1) is 0 Å². The van der Waals surface area contributed by atoms with Crippen LogP contribution in [0.2, 0.25) is 0 Å². The zero-order valence-electron chi connectivity index (χ0n) is 12.1. The van der Waals surface area contributed by atoms with Gasteiger partial charge in [0.05, 0.1) is 16.4 Å². The quantitative estimate of drug-likeness (QED) is 0.338. The fraction of sp³-hybridized carbons (Fsp3) is 0.833. The molecule has 0 amide bonds. The van der Waals surface area contributed by atoms with Crippen molar-refractivity contribution in [2.45, 2.75) is 47.2 Å². The number of hydrogen-bond donors (Lipinski definition) is 0. The number of nitrogens with zero attached hydrogens (tertiary/aromatic N) is 2. The molecule has 0 aromatic rings. The van der Waals surface area contributed by atoms with Crippen LogP contribution < -0.4 is 0 Å². The predicted molar refractivity (Wildman–Crippen MR) is 64.4 cm³/mol. The third-order valence-electron chi connectivity index (χ3n) is 3.76. The fourth-order valence-electron chi connectivity index (χ4n) is 1.29. The van der Waals surface area contributed by atoms with E-state index in [0.29, 0.717) is 0 Å². The standard InChI is InChI=1S/C12H20N2O5/c1-7(2)11(5,6)9(15)18-19-10(16)12(8(3)4)13-14(12)17/h7-8H,1-6H3. The Morgan fingerprint density at radius 3 is 2.00 bits per heavy atom. The number of carbonyl (C=O) groups is 2. The van der Waals surface area contributed by atoms with E-state index < -0.39 is 23.0 Å². The maximum atomic E-state index is 11.8. The van der Waals surface area contributed by atoms with Crippen molar-refractivity contribution in [2.24, 2.45) is 22.4 Å². The molecule has 0 saturated heterocycles. The lowest BCUT2D eigenvalue weighted by Crippen LogP contribution is -2.39. The highest BCUT2D eigenvalue weighted by molar-refractivity contribution is 5.82. The van der Waals surface area contributed by atoms with Gasteiger partial charge >= 0.3 is 17.6 Å². The number of hydroxylamine groups is 1. The van der Waals surface area contributed by atoms with Crippen molar-refractivity contribution < 1.29 is 24.2 Å². The average molecular weight is 272 g/mol. The van der Waals surface area contributed by atoms with Crippen molar-refractivity contribution in [1.82, 2.24) is 0 Å². The van der Waals surface area contributed by atoms with E-state index in [9.17, 15) is 14.8 Å². The summed E-state index contributed by atoms with van der Waals surface area (Å²) in [4.78, 5) is 32.8. The summed E-state index contributed by atoms with van der Waals surface area (Å²) < 4.78 is 0. The first kappa shape index (κ1) is 15.4. The van der Waals surface area contributed by atoms with Crippen LogP contribution in [0.5, 0.6) is 0 Å². The normalized spacial score (nSPS) is 22.2. The molecular weight excluding hydrogens is 252 g/mol. The van der Waals surface area contributed by atoms with Gasteiger partial charge in [-0.3, -0.25) is 0 Å². The van der Waals surface area contributed by atoms with E-state index in [0.717, 1.165) is 0 Å². The highest BCUT2D eigenvalue weighted by Gasteiger charge is 2.69. The molecule has 7 nitrogen and oxygen atoms in total. The SMILES string of the molecule is CC(C)C(C)(C)C(=O)OOC(=O)C1(C(C)C)N=[N+]1[O-]. The topological polar surface area (TPSA) is 91.0 Å². The van der Waals surface area contributed by atoms with Crippen molar-refractivity contribution in [2.75, 3.05) is 0 Å². The van der Waals surface area contributed by atoms with E-state index in [4.69, 9.17) is 0 Å². The zero-order chi connectivity index (χ0) is 15.0. The van der Waals surface area contributed by atoms with Gasteiger partial charge in [0.25, 0.3) is 0 Å². The van der Waals surface area contributed by atoms with E-state index in [-0.39, 0.29) is 16.7 Å². The lowest BCUT2D eigenvalue weighted by Gasteiger charge is -2.24. The van der Waals surface area contributed by atoms with E-state index in [2.05, 4.69) is 14.9 Å². The lowest BCUT2D eigenvalue weighted by molar-refractivity contribution is -0.452. The monoisotopic (exact) mass is 272 g/mol. The summed E-state index contributed by atoms with van der Waals surface area (Å²) in [7, 11) is 0. The van der Waals surface area contributed by atoms with Crippen molar-refractivity contribution in [3.05, 3.63) is 5.21 Å². The maximum absolute atomic E-state index is 11.8. The Hall–Kier alpha value is -1.66. The summed E-state index contributed by atoms with van der Waals surface area (Å²) >= 11 is 0. The van der Waals surface area contributed by atoms with Gasteiger partial charge in [-0.05, 0) is 24.6 Å². The zero-order valence-corrected chi connectivity index (χ0v) is 12.1. The number of hydrogen-bond acceptors (Lipinski definition) is 6. The molecule has 0 N–H and O–H groups in total. The van der Waals surface area contributed by atoms with Crippen molar-refractivity contribution in [1.29, 1.82) is 0 Å². The molecule has 1 unspecified atom stereocenters. The van der Waals surface area contributed by atoms with Crippen molar-refractivity contribution in [3.63, 3.8) is 0 Å². The van der Waals surface area contributed by atoms with Crippen LogP contribution in [0.3, 0.4) is 0 Å². The van der Waals surface area contributed by atoms with Gasteiger partial charge in [-0.1, -0.05) is 27.7 Å². The van der Waals surface area contributed by atoms with Gasteiger partial charge < -0.3 is 5.21 Å². The largest absolute Gasteiger partial charge is 0.597 e. The summed E-state index contributed by atoms with van der Waals surface area (Å²) in [5.41, 5.74) is -2.36. The Morgan fingerprint density at radius 2 is 1.68 bits per heavy atom. The summed E-state index contributed by atoms with van der Waals surface area (Å²) in [6.45, 7) is 10.4. The first-order valence-corrected chi connectivity index (χ1v) is 6.20. The van der Waals surface area contributed by atoms with E-state index in [1.54, 1.807) is 27.7 Å². The molecule has 0 fully saturated rings. The van der Waals surface area contributed by atoms with Gasteiger partial charge in [0.2, 0.25) is 0 Å². The third kappa shape index (κ3) is 2.54. The summed E-state index contributed by atoms with van der Waals surface area (Å²) in [6, 6.07) is 0. The molecule has 1 aliphatic rings. The van der Waals surface area contributed by atoms with E-state index in [1.165, 1.54) is 0 Å². The minimum Gasteiger partial charge on any atom is -0.597 e. The molecule has 0 aromatic carbocycles. The van der Waals surface area contributed by atoms with Crippen LogP contribution in [0.25, 0.3) is 0 Å². The number of carbonyl (C=O) groups excluding carboxylic acids is 2. The third-order valence-corrected chi connectivity index (χ3v) is 3.76. The molecule has 1 aliphatic heterocycles. The van der Waals surface area contributed by atoms with Gasteiger partial charge in [0.15, 0.2) is 0 Å². The summed E-state index contributed by atoms with van der Waals surface area (Å²) in [5, 5.41) is 14.6. The van der Waals surface area contributed by atoms with Crippen molar-refractivity contribution in [3.8, 4) is 0 Å². The molecule has 0 saturated carbocycles. The Balaban J connectivity index is 2.60. The van der Waals surface area contributed by atoms with Gasteiger partial charge in [0, 0.05) is 0 Å². The molecule has 19 heavy (non-hydrogen) atoms. The van der Waals surface area contributed by atoms with Crippen LogP contribution >= 0.6 is 0 Å². The highest BCUT2D eigenvalue weighted by atomic mass is 17.2. The second-order valence-electron chi connectivity index (χ2n) is 5.87. The minimum absolute atomic E-state index is 0.0133. The second-order valence-corrected chi connectivity index (χ2v) is 5.87. The van der Waals surface area contributed by atoms with Crippen LogP contribution in [0.15, 0.2) is 5.11 Å². The molecule has 1 atom stereocenters. The van der Waals surface area contributed by atoms with Gasteiger partial charge in [0.1, 0.15) is 0 Å². The van der Waals surface area contributed by atoms with Crippen LogP contribution in [0.1, 0.15) is 41.5 Å². The molecule has 0 aliphatic carbocycles. The molecule has 0 bridgehead atoms. The van der Waals surface area contributed by atoms with Crippen molar-refractivity contribution >= 4 is 11.9 Å². The smallest absolute Gasteiger partial charge is 0.459 e. The molecule has 1 heterocycles. The van der Waals surface area contributed by atoms with Crippen LogP contribution in [0, 0.1) is 22.5 Å². The van der Waals surface area contributed by atoms with Gasteiger partial charge in [-0.2, -0.15) is 0 Å². The summed E-state index contributed by atoms with van der Waals surface area (Å²) in [5.74, 6) is -1.98. The Kier molecular flexibility index (Phi) is 3.88. The Labute approximate surface area is 112 Å². The molecule has 0 spiro atoms. The molecule has 7 heteroatoms. The average Bonchev–Trinajstić information content (AvgIpc) is 2.98. The first-order chi connectivity index (χ1) is 8.56. The second kappa shape index (κ2) is 4.79. The van der Waals surface area contributed by atoms with Crippen LogP contribution in [-0.2, 0) is 19.4 Å². The molecule has 108 valence electrons. The molecule has 1 rings (SSSR count). The van der Waals surface area contributed by atoms with E-state index in [1.807, 2.05) is 13.8 Å². The summed E-state index contributed by atoms with van der Waals surface area (Å²) in [6.07, 6.45) is 0. The van der Waals surface area contributed by atoms with E-state index >= 15 is 0 Å². The highest BCUT2D eigenvalue weighted by Crippen LogP contribution is 2.36. The Morgan fingerprint density at radius 1 is 1.21 bits per heavy atom. The van der Waals surface area contributed by atoms with Crippen LogP contribution in [-0.4, -0.2) is 22.5 Å². The minimum atomic E-state index is -1.57. The first-order valence-electron chi connectivity index (χ1n) is 6.20. The fourth-order valence-corrected chi connectivity index (χ4v) is 1.29. The predicted octanol–water partition coefficient (Wildman–Crippen LogP) is 2.00. The number of rotatable bonds is 4. The van der Waals surface area contributed by atoms with Gasteiger partial charge in [-0.25, -0.2) is 19.4 Å². The lowest BCUT2D eigenvalue weighted by atomic mass is 9.81. The molecule has 0 radical (unpaired) electrons.